The molecular weight excluding hydrogens is 217 g/mol. The second-order valence-corrected chi connectivity index (χ2v) is 4.22. The van der Waals surface area contributed by atoms with Crippen LogP contribution < -0.4 is 0 Å². The van der Waals surface area contributed by atoms with Crippen LogP contribution in [0.15, 0.2) is 0 Å². The summed E-state index contributed by atoms with van der Waals surface area (Å²) in [6, 6.07) is 0. The van der Waals surface area contributed by atoms with Gasteiger partial charge in [0.05, 0.1) is 0 Å². The fraction of sp³-hybridized carbons (Fsp3) is 1.00. The van der Waals surface area contributed by atoms with Crippen LogP contribution in [-0.4, -0.2) is 24.8 Å². The summed E-state index contributed by atoms with van der Waals surface area (Å²) < 4.78 is 39.6. The third-order valence-electron chi connectivity index (χ3n) is 2.47. The third-order valence-corrected chi connectivity index (χ3v) is 3.04. The van der Waals surface area contributed by atoms with Gasteiger partial charge in [0.15, 0.2) is 0 Å². The Hall–Kier alpha value is 0.0400. The number of hydrogen-bond acceptors (Lipinski definition) is 1. The molecule has 0 bridgehead atoms. The Morgan fingerprint density at radius 1 is 1.29 bits per heavy atom. The Balaban J connectivity index is 2.04. The first-order chi connectivity index (χ1) is 6.49. The molecule has 0 N–H and O–H groups in total. The van der Waals surface area contributed by atoms with Crippen LogP contribution in [0.25, 0.3) is 0 Å². The monoisotopic (exact) mass is 230 g/mol. The van der Waals surface area contributed by atoms with E-state index in [1.54, 1.807) is 0 Å². The molecule has 1 saturated carbocycles. The van der Waals surface area contributed by atoms with Crippen molar-refractivity contribution >= 4 is 11.6 Å². The average molecular weight is 231 g/mol. The minimum atomic E-state index is -4.21. The maximum absolute atomic E-state index is 11.7. The summed E-state index contributed by atoms with van der Waals surface area (Å²) in [4.78, 5) is 0. The van der Waals surface area contributed by atoms with Gasteiger partial charge in [-0.3, -0.25) is 0 Å². The van der Waals surface area contributed by atoms with E-state index in [2.05, 4.69) is 4.74 Å². The zero-order valence-corrected chi connectivity index (χ0v) is 8.57. The normalized spacial score (nSPS) is 28.3. The zero-order valence-electron chi connectivity index (χ0n) is 7.82. The van der Waals surface area contributed by atoms with Crippen molar-refractivity contribution in [3.05, 3.63) is 0 Å². The maximum Gasteiger partial charge on any atom is 0.411 e. The van der Waals surface area contributed by atoms with Crippen LogP contribution in [0.3, 0.4) is 0 Å². The number of ether oxygens (including phenoxy) is 1. The summed E-state index contributed by atoms with van der Waals surface area (Å²) in [6.07, 6.45) is -0.493. The molecule has 0 aliphatic heterocycles. The molecule has 1 rings (SSSR count). The van der Waals surface area contributed by atoms with E-state index in [0.717, 1.165) is 19.3 Å². The first kappa shape index (κ1) is 12.1. The lowest BCUT2D eigenvalue weighted by molar-refractivity contribution is -0.174. The Bertz CT molecular complexity index is 172. The van der Waals surface area contributed by atoms with Crippen molar-refractivity contribution in [3.8, 4) is 0 Å². The molecule has 0 aromatic heterocycles. The first-order valence-electron chi connectivity index (χ1n) is 4.77. The van der Waals surface area contributed by atoms with Crippen LogP contribution in [0.4, 0.5) is 13.2 Å². The molecule has 0 radical (unpaired) electrons. The van der Waals surface area contributed by atoms with Gasteiger partial charge in [-0.05, 0) is 25.2 Å². The van der Waals surface area contributed by atoms with Gasteiger partial charge in [0.25, 0.3) is 0 Å². The maximum atomic E-state index is 11.7. The van der Waals surface area contributed by atoms with E-state index in [-0.39, 0.29) is 12.0 Å². The highest BCUT2D eigenvalue weighted by molar-refractivity contribution is 6.20. The van der Waals surface area contributed by atoms with E-state index in [0.29, 0.717) is 12.3 Å². The molecule has 2 unspecified atom stereocenters. The van der Waals surface area contributed by atoms with Crippen molar-refractivity contribution in [1.29, 1.82) is 0 Å². The van der Waals surface area contributed by atoms with E-state index in [1.807, 2.05) is 0 Å². The van der Waals surface area contributed by atoms with Gasteiger partial charge in [-0.25, -0.2) is 0 Å². The number of halogens is 4. The van der Waals surface area contributed by atoms with Gasteiger partial charge in [0, 0.05) is 12.0 Å². The van der Waals surface area contributed by atoms with Crippen LogP contribution in [0, 0.1) is 5.92 Å². The zero-order chi connectivity index (χ0) is 10.6. The molecular formula is C9H14ClF3O. The van der Waals surface area contributed by atoms with Crippen LogP contribution in [0.2, 0.25) is 0 Å². The van der Waals surface area contributed by atoms with Crippen molar-refractivity contribution in [3.63, 3.8) is 0 Å². The van der Waals surface area contributed by atoms with E-state index in [1.165, 1.54) is 0 Å². The number of alkyl halides is 4. The van der Waals surface area contributed by atoms with Gasteiger partial charge in [-0.1, -0.05) is 6.42 Å². The Morgan fingerprint density at radius 3 is 2.50 bits per heavy atom. The standard InChI is InChI=1S/C9H14ClF3O/c10-8-3-1-2-7(8)4-5-14-6-9(11,12)13/h7-8H,1-6H2. The summed E-state index contributed by atoms with van der Waals surface area (Å²) in [5, 5.41) is 0.129. The topological polar surface area (TPSA) is 9.23 Å². The molecule has 0 amide bonds. The molecule has 2 atom stereocenters. The van der Waals surface area contributed by atoms with E-state index in [9.17, 15) is 13.2 Å². The van der Waals surface area contributed by atoms with Gasteiger partial charge in [0.2, 0.25) is 0 Å². The second-order valence-electron chi connectivity index (χ2n) is 3.66. The van der Waals surface area contributed by atoms with Crippen molar-refractivity contribution in [1.82, 2.24) is 0 Å². The van der Waals surface area contributed by atoms with Crippen LogP contribution in [0.1, 0.15) is 25.7 Å². The third kappa shape index (κ3) is 4.51. The molecule has 1 aliphatic carbocycles. The molecule has 1 fully saturated rings. The summed E-state index contributed by atoms with van der Waals surface area (Å²) in [7, 11) is 0. The van der Waals surface area contributed by atoms with Gasteiger partial charge >= 0.3 is 6.18 Å². The minimum Gasteiger partial charge on any atom is -0.372 e. The highest BCUT2D eigenvalue weighted by Gasteiger charge is 2.28. The largest absolute Gasteiger partial charge is 0.411 e. The Labute approximate surface area is 86.6 Å². The van der Waals surface area contributed by atoms with Gasteiger partial charge in [0.1, 0.15) is 6.61 Å². The highest BCUT2D eigenvalue weighted by atomic mass is 35.5. The summed E-state index contributed by atoms with van der Waals surface area (Å²) in [5.74, 6) is 0.338. The lowest BCUT2D eigenvalue weighted by Crippen LogP contribution is -2.19. The van der Waals surface area contributed by atoms with Crippen molar-refractivity contribution in [2.75, 3.05) is 13.2 Å². The molecule has 0 heterocycles. The predicted molar refractivity (Wildman–Crippen MR) is 48.5 cm³/mol. The quantitative estimate of drug-likeness (QED) is 0.532. The number of rotatable bonds is 4. The summed E-state index contributed by atoms with van der Waals surface area (Å²) in [6.45, 7) is -0.986. The fourth-order valence-electron chi connectivity index (χ4n) is 1.74. The molecule has 5 heteroatoms. The molecule has 84 valence electrons. The summed E-state index contributed by atoms with van der Waals surface area (Å²) >= 11 is 5.97. The number of hydrogen-bond donors (Lipinski definition) is 0. The average Bonchev–Trinajstić information content (AvgIpc) is 2.44. The van der Waals surface area contributed by atoms with Crippen LogP contribution >= 0.6 is 11.6 Å². The molecule has 0 saturated heterocycles. The molecule has 14 heavy (non-hydrogen) atoms. The summed E-state index contributed by atoms with van der Waals surface area (Å²) in [5.41, 5.74) is 0. The SMILES string of the molecule is FC(F)(F)COCCC1CCCC1Cl. The molecule has 0 aromatic rings. The predicted octanol–water partition coefficient (Wildman–Crippen LogP) is 3.36. The van der Waals surface area contributed by atoms with Crippen LogP contribution in [-0.2, 0) is 4.74 Å². The van der Waals surface area contributed by atoms with E-state index >= 15 is 0 Å². The van der Waals surface area contributed by atoms with Crippen molar-refractivity contribution in [2.45, 2.75) is 37.2 Å². The Kier molecular flexibility index (Phi) is 4.51. The van der Waals surface area contributed by atoms with E-state index < -0.39 is 12.8 Å². The molecule has 1 aliphatic rings. The lowest BCUT2D eigenvalue weighted by atomic mass is 10.0. The second kappa shape index (κ2) is 5.21. The smallest absolute Gasteiger partial charge is 0.372 e. The van der Waals surface area contributed by atoms with Crippen molar-refractivity contribution in [2.24, 2.45) is 5.92 Å². The fourth-order valence-corrected chi connectivity index (χ4v) is 2.15. The van der Waals surface area contributed by atoms with Crippen LogP contribution in [0.5, 0.6) is 0 Å². The first-order valence-corrected chi connectivity index (χ1v) is 5.21. The minimum absolute atomic E-state index is 0.129. The molecule has 1 nitrogen and oxygen atoms in total. The Morgan fingerprint density at radius 2 is 2.00 bits per heavy atom. The van der Waals surface area contributed by atoms with E-state index in [4.69, 9.17) is 11.6 Å². The molecule has 0 aromatic carbocycles. The van der Waals surface area contributed by atoms with Gasteiger partial charge in [-0.2, -0.15) is 13.2 Å². The molecule has 0 spiro atoms. The van der Waals surface area contributed by atoms with Gasteiger partial charge < -0.3 is 4.74 Å². The lowest BCUT2D eigenvalue weighted by Gasteiger charge is -2.13. The van der Waals surface area contributed by atoms with Crippen molar-refractivity contribution < 1.29 is 17.9 Å². The van der Waals surface area contributed by atoms with Gasteiger partial charge in [-0.15, -0.1) is 11.6 Å². The highest BCUT2D eigenvalue weighted by Crippen LogP contribution is 2.32.